The van der Waals surface area contributed by atoms with Crippen molar-refractivity contribution in [1.82, 2.24) is 4.57 Å². The van der Waals surface area contributed by atoms with Crippen LogP contribution >= 0.6 is 27.5 Å². The molecule has 0 spiro atoms. The van der Waals surface area contributed by atoms with Gasteiger partial charge in [-0.15, -0.1) is 0 Å². The van der Waals surface area contributed by atoms with Crippen LogP contribution in [0.4, 0.5) is 0 Å². The van der Waals surface area contributed by atoms with Crippen molar-refractivity contribution in [2.75, 3.05) is 0 Å². The number of Topliss-reactive ketones (excluding diaryl/α,β-unsaturated/α-hetero) is 1. The Kier molecular flexibility index (Phi) is 3.53. The third kappa shape index (κ3) is 2.58. The third-order valence-electron chi connectivity index (χ3n) is 4.03. The number of halogens is 2. The monoisotopic (exact) mass is 365 g/mol. The Balaban J connectivity index is 2.20. The molecule has 0 atom stereocenters. The summed E-state index contributed by atoms with van der Waals surface area (Å²) in [5, 5.41) is 0.689. The Bertz CT molecular complexity index is 745. The molecule has 0 radical (unpaired) electrons. The zero-order chi connectivity index (χ0) is 15.4. The van der Waals surface area contributed by atoms with Crippen LogP contribution in [0.25, 0.3) is 5.69 Å². The standard InChI is InChI=1S/C17H17BrClNO/c1-10-6-12-15(8-17(2,3)9-16(12)21)20(10)11-4-5-14(19)13(18)7-11/h4-7H,8-9H2,1-3H3. The number of benzene rings is 1. The highest BCUT2D eigenvalue weighted by atomic mass is 79.9. The van der Waals surface area contributed by atoms with Crippen molar-refractivity contribution in [2.24, 2.45) is 5.41 Å². The van der Waals surface area contributed by atoms with E-state index in [1.807, 2.05) is 31.2 Å². The highest BCUT2D eigenvalue weighted by Crippen LogP contribution is 2.38. The van der Waals surface area contributed by atoms with Crippen molar-refractivity contribution >= 4 is 33.3 Å². The number of rotatable bonds is 1. The number of aromatic nitrogens is 1. The second-order valence-corrected chi connectivity index (χ2v) is 7.78. The summed E-state index contributed by atoms with van der Waals surface area (Å²) >= 11 is 9.56. The Labute approximate surface area is 138 Å². The maximum atomic E-state index is 12.4. The van der Waals surface area contributed by atoms with E-state index >= 15 is 0 Å². The first-order valence-electron chi connectivity index (χ1n) is 6.98. The summed E-state index contributed by atoms with van der Waals surface area (Å²) in [7, 11) is 0. The molecule has 0 fully saturated rings. The lowest BCUT2D eigenvalue weighted by Gasteiger charge is -2.30. The zero-order valence-corrected chi connectivity index (χ0v) is 14.7. The predicted octanol–water partition coefficient (Wildman–Crippen LogP) is 5.36. The fourth-order valence-electron chi connectivity index (χ4n) is 3.14. The number of fused-ring (bicyclic) bond motifs is 1. The quantitative estimate of drug-likeness (QED) is 0.666. The molecule has 0 N–H and O–H groups in total. The van der Waals surface area contributed by atoms with E-state index in [0.717, 1.165) is 33.5 Å². The van der Waals surface area contributed by atoms with E-state index in [4.69, 9.17) is 11.6 Å². The van der Waals surface area contributed by atoms with Gasteiger partial charge in [0.15, 0.2) is 5.78 Å². The van der Waals surface area contributed by atoms with Crippen molar-refractivity contribution in [3.63, 3.8) is 0 Å². The van der Waals surface area contributed by atoms with Gasteiger partial charge < -0.3 is 4.57 Å². The van der Waals surface area contributed by atoms with Crippen LogP contribution in [-0.4, -0.2) is 10.4 Å². The minimum atomic E-state index is 0.0102. The molecule has 4 heteroatoms. The van der Waals surface area contributed by atoms with Crippen LogP contribution in [0.1, 0.15) is 42.0 Å². The molecule has 1 heterocycles. The summed E-state index contributed by atoms with van der Waals surface area (Å²) in [6.45, 7) is 6.34. The van der Waals surface area contributed by atoms with Crippen LogP contribution in [0.5, 0.6) is 0 Å². The van der Waals surface area contributed by atoms with Gasteiger partial charge in [0.1, 0.15) is 0 Å². The first kappa shape index (κ1) is 14.9. The maximum absolute atomic E-state index is 12.4. The van der Waals surface area contributed by atoms with Crippen LogP contribution in [0.15, 0.2) is 28.7 Å². The van der Waals surface area contributed by atoms with E-state index in [9.17, 15) is 4.79 Å². The molecule has 1 aliphatic carbocycles. The molecule has 1 aromatic heterocycles. The molecule has 1 aromatic carbocycles. The summed E-state index contributed by atoms with van der Waals surface area (Å²) in [4.78, 5) is 12.4. The average molecular weight is 367 g/mol. The number of carbonyl (C=O) groups is 1. The smallest absolute Gasteiger partial charge is 0.165 e. The minimum Gasteiger partial charge on any atom is -0.317 e. The largest absolute Gasteiger partial charge is 0.317 e. The van der Waals surface area contributed by atoms with E-state index in [2.05, 4.69) is 34.3 Å². The van der Waals surface area contributed by atoms with Gasteiger partial charge in [-0.25, -0.2) is 0 Å². The van der Waals surface area contributed by atoms with Gasteiger partial charge in [0.2, 0.25) is 0 Å². The fourth-order valence-corrected chi connectivity index (χ4v) is 3.62. The van der Waals surface area contributed by atoms with E-state index in [0.29, 0.717) is 11.4 Å². The highest BCUT2D eigenvalue weighted by Gasteiger charge is 2.34. The van der Waals surface area contributed by atoms with E-state index < -0.39 is 0 Å². The molecule has 2 nitrogen and oxygen atoms in total. The number of carbonyl (C=O) groups excluding carboxylic acids is 1. The summed E-state index contributed by atoms with van der Waals surface area (Å²) < 4.78 is 3.04. The van der Waals surface area contributed by atoms with Gasteiger partial charge in [-0.3, -0.25) is 4.79 Å². The molecule has 1 aliphatic rings. The van der Waals surface area contributed by atoms with Crippen molar-refractivity contribution in [3.8, 4) is 5.69 Å². The number of ketones is 1. The van der Waals surface area contributed by atoms with E-state index in [1.165, 1.54) is 0 Å². The van der Waals surface area contributed by atoms with Crippen LogP contribution in [0, 0.1) is 12.3 Å². The Hall–Kier alpha value is -1.06. The van der Waals surface area contributed by atoms with Crippen molar-refractivity contribution in [2.45, 2.75) is 33.6 Å². The van der Waals surface area contributed by atoms with Gasteiger partial charge in [0.25, 0.3) is 0 Å². The number of aryl methyl sites for hydroxylation is 1. The number of hydrogen-bond donors (Lipinski definition) is 0. The fraction of sp³-hybridized carbons (Fsp3) is 0.353. The Morgan fingerprint density at radius 2 is 1.95 bits per heavy atom. The van der Waals surface area contributed by atoms with Crippen molar-refractivity contribution in [1.29, 1.82) is 0 Å². The molecule has 0 amide bonds. The summed E-state index contributed by atoms with van der Waals surface area (Å²) in [5.74, 6) is 0.246. The normalized spacial score (nSPS) is 16.9. The second-order valence-electron chi connectivity index (χ2n) is 6.52. The lowest BCUT2D eigenvalue weighted by molar-refractivity contribution is 0.0911. The van der Waals surface area contributed by atoms with Gasteiger partial charge in [0.05, 0.1) is 5.02 Å². The third-order valence-corrected chi connectivity index (χ3v) is 5.25. The summed E-state index contributed by atoms with van der Waals surface area (Å²) in [6, 6.07) is 7.88. The van der Waals surface area contributed by atoms with Gasteiger partial charge in [-0.1, -0.05) is 25.4 Å². The molecule has 0 saturated heterocycles. The molecule has 0 saturated carbocycles. The van der Waals surface area contributed by atoms with Crippen LogP contribution in [-0.2, 0) is 6.42 Å². The van der Waals surface area contributed by atoms with Crippen molar-refractivity contribution < 1.29 is 4.79 Å². The van der Waals surface area contributed by atoms with Crippen LogP contribution in [0.2, 0.25) is 5.02 Å². The van der Waals surface area contributed by atoms with Gasteiger partial charge in [0, 0.05) is 33.5 Å². The summed E-state index contributed by atoms with van der Waals surface area (Å²) in [6.07, 6.45) is 1.52. The molecule has 0 unspecified atom stereocenters. The molecular formula is C17H17BrClNO. The Morgan fingerprint density at radius 3 is 2.62 bits per heavy atom. The van der Waals surface area contributed by atoms with Gasteiger partial charge in [-0.2, -0.15) is 0 Å². The summed E-state index contributed by atoms with van der Waals surface area (Å²) in [5.41, 5.74) is 4.12. The second kappa shape index (κ2) is 4.99. The average Bonchev–Trinajstić information content (AvgIpc) is 2.68. The maximum Gasteiger partial charge on any atom is 0.165 e. The van der Waals surface area contributed by atoms with Crippen LogP contribution in [0.3, 0.4) is 0 Å². The number of hydrogen-bond acceptors (Lipinski definition) is 1. The minimum absolute atomic E-state index is 0.0102. The lowest BCUT2D eigenvalue weighted by atomic mass is 9.76. The molecule has 0 aliphatic heterocycles. The van der Waals surface area contributed by atoms with Gasteiger partial charge in [-0.05, 0) is 59.0 Å². The predicted molar refractivity (Wildman–Crippen MR) is 89.6 cm³/mol. The molecular weight excluding hydrogens is 350 g/mol. The van der Waals surface area contributed by atoms with Gasteiger partial charge >= 0.3 is 0 Å². The SMILES string of the molecule is Cc1cc2c(n1-c1ccc(Cl)c(Br)c1)CC(C)(C)CC2=O. The van der Waals surface area contributed by atoms with Crippen LogP contribution < -0.4 is 0 Å². The lowest BCUT2D eigenvalue weighted by Crippen LogP contribution is -2.27. The van der Waals surface area contributed by atoms with Crippen molar-refractivity contribution in [3.05, 3.63) is 50.7 Å². The first-order valence-corrected chi connectivity index (χ1v) is 8.15. The number of nitrogens with zero attached hydrogens (tertiary/aromatic N) is 1. The highest BCUT2D eigenvalue weighted by molar-refractivity contribution is 9.10. The molecule has 110 valence electrons. The molecule has 3 rings (SSSR count). The topological polar surface area (TPSA) is 22.0 Å². The first-order chi connectivity index (χ1) is 9.78. The molecule has 2 aromatic rings. The molecule has 0 bridgehead atoms. The zero-order valence-electron chi connectivity index (χ0n) is 12.3. The molecule has 21 heavy (non-hydrogen) atoms. The van der Waals surface area contributed by atoms with E-state index in [1.54, 1.807) is 0 Å². The van der Waals surface area contributed by atoms with E-state index in [-0.39, 0.29) is 11.2 Å². The Morgan fingerprint density at radius 1 is 1.24 bits per heavy atom.